The van der Waals surface area contributed by atoms with Crippen LogP contribution in [0.2, 0.25) is 0 Å². The maximum absolute atomic E-state index is 3.27. The van der Waals surface area contributed by atoms with Crippen LogP contribution < -0.4 is 0 Å². The average Bonchev–Trinajstić information content (AvgIpc) is 1.88. The maximum atomic E-state index is 3.27. The molecule has 30 valence electrons. The van der Waals surface area contributed by atoms with E-state index in [-0.39, 0.29) is 0 Å². The van der Waals surface area contributed by atoms with Crippen molar-refractivity contribution in [1.29, 1.82) is 0 Å². The largest absolute Gasteiger partial charge is 0.0833 e. The first-order valence-corrected chi connectivity index (χ1v) is 2.28. The first-order chi connectivity index (χ1) is 2.81. The van der Waals surface area contributed by atoms with Crippen LogP contribution in [0.3, 0.4) is 0 Å². The molecule has 0 nitrogen and oxygen atoms in total. The highest BCUT2D eigenvalue weighted by Crippen LogP contribution is 2.59. The summed E-state index contributed by atoms with van der Waals surface area (Å²) in [5.41, 5.74) is 0.458. The first kappa shape index (κ1) is 2.84. The summed E-state index contributed by atoms with van der Waals surface area (Å²) in [7, 11) is 0. The van der Waals surface area contributed by atoms with E-state index in [2.05, 4.69) is 25.5 Å². The highest BCUT2D eigenvalue weighted by atomic mass is 14.6. The van der Waals surface area contributed by atoms with E-state index in [0.29, 0.717) is 5.41 Å². The average molecular weight is 78.1 g/mol. The van der Waals surface area contributed by atoms with E-state index in [4.69, 9.17) is 0 Å². The Balaban J connectivity index is 2.42. The van der Waals surface area contributed by atoms with Gasteiger partial charge >= 0.3 is 0 Å². The second-order valence-electron chi connectivity index (χ2n) is 2.26. The van der Waals surface area contributed by atoms with E-state index < -0.39 is 0 Å². The molecular weight excluding hydrogens is 72.1 g/mol. The lowest BCUT2D eigenvalue weighted by atomic mass is 9.97. The molecule has 6 heavy (non-hydrogen) atoms. The highest BCUT2D eigenvalue weighted by Gasteiger charge is 2.53. The Kier molecular flexibility index (Phi) is 0.228. The lowest BCUT2D eigenvalue weighted by molar-refractivity contribution is 0.651. The Labute approximate surface area is 37.9 Å². The van der Waals surface area contributed by atoms with Gasteiger partial charge in [0.25, 0.3) is 0 Å². The second-order valence-corrected chi connectivity index (χ2v) is 2.26. The molecular formula is C6H6. The first-order valence-electron chi connectivity index (χ1n) is 2.28. The van der Waals surface area contributed by atoms with Gasteiger partial charge < -0.3 is 0 Å². The third-order valence-electron chi connectivity index (χ3n) is 1.66. The predicted octanol–water partition coefficient (Wildman–Crippen LogP) is 1.27. The molecule has 2 aliphatic rings. The van der Waals surface area contributed by atoms with Crippen LogP contribution in [-0.4, -0.2) is 0 Å². The molecule has 2 atom stereocenters. The zero-order chi connectivity index (χ0) is 4.20. The lowest BCUT2D eigenvalue weighted by Crippen LogP contribution is -1.98. The standard InChI is InChI=1S/C6H6/c1-6-3-2-5(6)4-6/h2-3,5H,1H3. The highest BCUT2D eigenvalue weighted by molar-refractivity contribution is 5.40. The number of hydrogen-bond acceptors (Lipinski definition) is 0. The minimum Gasteiger partial charge on any atom is -0.0833 e. The van der Waals surface area contributed by atoms with Crippen LogP contribution in [0.4, 0.5) is 0 Å². The summed E-state index contributed by atoms with van der Waals surface area (Å²) in [6.45, 7) is 2.21. The smallest absolute Gasteiger partial charge is 0.00218 e. The van der Waals surface area contributed by atoms with Crippen molar-refractivity contribution in [3.05, 3.63) is 18.6 Å². The summed E-state index contributed by atoms with van der Waals surface area (Å²) in [6.07, 6.45) is 7.67. The minimum absolute atomic E-state index is 0.458. The number of hydrogen-bond donors (Lipinski definition) is 0. The van der Waals surface area contributed by atoms with Gasteiger partial charge in [0.1, 0.15) is 0 Å². The van der Waals surface area contributed by atoms with Crippen LogP contribution in [0, 0.1) is 17.8 Å². The zero-order valence-corrected chi connectivity index (χ0v) is 3.73. The Hall–Kier alpha value is -0.260. The van der Waals surface area contributed by atoms with Gasteiger partial charge in [0, 0.05) is 6.42 Å². The molecule has 0 aliphatic heterocycles. The summed E-state index contributed by atoms with van der Waals surface area (Å²) < 4.78 is 0. The summed E-state index contributed by atoms with van der Waals surface area (Å²) in [5.74, 6) is 0.748. The van der Waals surface area contributed by atoms with Crippen LogP contribution in [0.15, 0.2) is 12.2 Å². The van der Waals surface area contributed by atoms with Gasteiger partial charge in [-0.05, 0) is 11.3 Å². The Morgan fingerprint density at radius 2 is 2.50 bits per heavy atom. The number of fused-ring (bicyclic) bond motifs is 1. The third-order valence-corrected chi connectivity index (χ3v) is 1.66. The molecule has 1 saturated carbocycles. The van der Waals surface area contributed by atoms with Gasteiger partial charge in [-0.1, -0.05) is 19.1 Å². The van der Waals surface area contributed by atoms with Crippen LogP contribution in [0.1, 0.15) is 6.92 Å². The molecule has 0 heteroatoms. The van der Waals surface area contributed by atoms with Gasteiger partial charge in [0.15, 0.2) is 0 Å². The van der Waals surface area contributed by atoms with Gasteiger partial charge in [-0.2, -0.15) is 0 Å². The van der Waals surface area contributed by atoms with Gasteiger partial charge in [-0.25, -0.2) is 0 Å². The van der Waals surface area contributed by atoms with Crippen molar-refractivity contribution in [2.75, 3.05) is 0 Å². The Bertz CT molecular complexity index is 113. The molecule has 0 amide bonds. The second kappa shape index (κ2) is 0.481. The molecule has 0 N–H and O–H groups in total. The van der Waals surface area contributed by atoms with Crippen LogP contribution >= 0.6 is 0 Å². The van der Waals surface area contributed by atoms with Crippen molar-refractivity contribution in [3.8, 4) is 0 Å². The molecule has 2 unspecified atom stereocenters. The molecule has 0 aromatic rings. The molecule has 0 aromatic heterocycles. The van der Waals surface area contributed by atoms with Crippen LogP contribution in [0.25, 0.3) is 0 Å². The molecule has 0 saturated heterocycles. The Morgan fingerprint density at radius 3 is 2.50 bits per heavy atom. The van der Waals surface area contributed by atoms with E-state index >= 15 is 0 Å². The van der Waals surface area contributed by atoms with E-state index in [0.717, 1.165) is 5.92 Å². The van der Waals surface area contributed by atoms with E-state index in [9.17, 15) is 0 Å². The van der Waals surface area contributed by atoms with Gasteiger partial charge in [0.2, 0.25) is 0 Å². The molecule has 0 bridgehead atoms. The van der Waals surface area contributed by atoms with E-state index in [1.807, 2.05) is 0 Å². The Morgan fingerprint density at radius 1 is 1.83 bits per heavy atom. The monoisotopic (exact) mass is 78.0 g/mol. The van der Waals surface area contributed by atoms with Crippen molar-refractivity contribution in [2.45, 2.75) is 6.92 Å². The summed E-state index contributed by atoms with van der Waals surface area (Å²) in [6, 6.07) is 0. The van der Waals surface area contributed by atoms with Crippen LogP contribution in [0.5, 0.6) is 0 Å². The van der Waals surface area contributed by atoms with Crippen molar-refractivity contribution >= 4 is 0 Å². The van der Waals surface area contributed by atoms with E-state index in [1.165, 1.54) is 0 Å². The van der Waals surface area contributed by atoms with Gasteiger partial charge in [0.05, 0.1) is 0 Å². The molecule has 0 aromatic carbocycles. The van der Waals surface area contributed by atoms with Crippen molar-refractivity contribution in [3.63, 3.8) is 0 Å². The normalized spacial score (nSPS) is 59.8. The maximum Gasteiger partial charge on any atom is 0.00218 e. The fraction of sp³-hybridized carbons (Fsp3) is 0.500. The van der Waals surface area contributed by atoms with E-state index in [1.54, 1.807) is 0 Å². The number of allylic oxidation sites excluding steroid dienone is 2. The summed E-state index contributed by atoms with van der Waals surface area (Å²) in [4.78, 5) is 0. The quantitative estimate of drug-likeness (QED) is 0.383. The molecule has 2 radical (unpaired) electrons. The molecule has 2 rings (SSSR count). The third kappa shape index (κ3) is 0.129. The predicted molar refractivity (Wildman–Crippen MR) is 24.0 cm³/mol. The van der Waals surface area contributed by atoms with Crippen molar-refractivity contribution in [2.24, 2.45) is 11.3 Å². The SMILES string of the molecule is CC12[C]C1C=C2. The number of rotatable bonds is 0. The van der Waals surface area contributed by atoms with Crippen molar-refractivity contribution < 1.29 is 0 Å². The van der Waals surface area contributed by atoms with Crippen molar-refractivity contribution in [1.82, 2.24) is 0 Å². The summed E-state index contributed by atoms with van der Waals surface area (Å²) >= 11 is 0. The molecule has 0 spiro atoms. The molecule has 1 fully saturated rings. The molecule has 2 aliphatic carbocycles. The minimum atomic E-state index is 0.458. The fourth-order valence-corrected chi connectivity index (χ4v) is 0.871. The fourth-order valence-electron chi connectivity index (χ4n) is 0.871. The van der Waals surface area contributed by atoms with Gasteiger partial charge in [-0.15, -0.1) is 0 Å². The lowest BCUT2D eigenvalue weighted by Gasteiger charge is -2.07. The topological polar surface area (TPSA) is 0 Å². The molecule has 0 heterocycles. The van der Waals surface area contributed by atoms with Crippen LogP contribution in [-0.2, 0) is 0 Å². The summed E-state index contributed by atoms with van der Waals surface area (Å²) in [5, 5.41) is 0. The zero-order valence-electron chi connectivity index (χ0n) is 3.73. The van der Waals surface area contributed by atoms with Gasteiger partial charge in [-0.3, -0.25) is 0 Å².